The van der Waals surface area contributed by atoms with Crippen LogP contribution in [0.5, 0.6) is 11.5 Å². The van der Waals surface area contributed by atoms with E-state index in [4.69, 9.17) is 22.1 Å². The summed E-state index contributed by atoms with van der Waals surface area (Å²) in [6.07, 6.45) is -4.76. The van der Waals surface area contributed by atoms with Crippen LogP contribution in [0.2, 0.25) is 5.02 Å². The monoisotopic (exact) mass is 350 g/mol. The number of anilines is 1. The molecule has 2 rings (SSSR count). The van der Waals surface area contributed by atoms with Crippen molar-refractivity contribution in [3.63, 3.8) is 0 Å². The number of hydrogen-bond acceptors (Lipinski definition) is 4. The van der Waals surface area contributed by atoms with Gasteiger partial charge in [0, 0.05) is 12.1 Å². The first kappa shape index (κ1) is 16.8. The number of nitrogens with two attached hydrogens (primary N) is 1. The Balaban J connectivity index is 2.38. The third-order valence-electron chi connectivity index (χ3n) is 2.74. The van der Waals surface area contributed by atoms with E-state index in [1.165, 1.54) is 0 Å². The molecule has 5 nitrogen and oxygen atoms in total. The summed E-state index contributed by atoms with van der Waals surface area (Å²) in [5, 5.41) is 10.0. The van der Waals surface area contributed by atoms with Gasteiger partial charge in [0.1, 0.15) is 11.4 Å². The van der Waals surface area contributed by atoms with Gasteiger partial charge in [-0.05, 0) is 18.2 Å². The number of rotatable bonds is 3. The van der Waals surface area contributed by atoms with E-state index in [1.54, 1.807) is 0 Å². The molecule has 2 aromatic carbocycles. The van der Waals surface area contributed by atoms with Gasteiger partial charge < -0.3 is 10.5 Å². The smallest absolute Gasteiger partial charge is 0.416 e. The number of benzene rings is 2. The zero-order chi connectivity index (χ0) is 17.4. The summed E-state index contributed by atoms with van der Waals surface area (Å²) in [6, 6.07) is 3.90. The number of halogens is 5. The molecule has 0 saturated heterocycles. The van der Waals surface area contributed by atoms with Crippen LogP contribution in [0.3, 0.4) is 0 Å². The molecule has 10 heteroatoms. The minimum Gasteiger partial charge on any atom is -0.453 e. The number of alkyl halides is 3. The van der Waals surface area contributed by atoms with E-state index in [-0.39, 0.29) is 17.5 Å². The van der Waals surface area contributed by atoms with Gasteiger partial charge in [-0.3, -0.25) is 10.1 Å². The Labute approximate surface area is 131 Å². The van der Waals surface area contributed by atoms with E-state index in [1.807, 2.05) is 0 Å². The predicted octanol–water partition coefficient (Wildman–Crippen LogP) is 4.78. The molecular weight excluding hydrogens is 344 g/mol. The number of nitrogens with zero attached hydrogens (tertiary/aromatic N) is 1. The second kappa shape index (κ2) is 5.92. The first-order valence-corrected chi connectivity index (χ1v) is 6.25. The Morgan fingerprint density at radius 2 is 1.87 bits per heavy atom. The lowest BCUT2D eigenvalue weighted by molar-refractivity contribution is -0.383. The van der Waals surface area contributed by atoms with Gasteiger partial charge in [-0.2, -0.15) is 13.2 Å². The van der Waals surface area contributed by atoms with Crippen LogP contribution < -0.4 is 10.5 Å². The molecule has 2 N–H and O–H groups in total. The quantitative estimate of drug-likeness (QED) is 0.374. The van der Waals surface area contributed by atoms with Crippen molar-refractivity contribution in [3.05, 3.63) is 56.8 Å². The fourth-order valence-corrected chi connectivity index (χ4v) is 1.95. The van der Waals surface area contributed by atoms with Crippen LogP contribution in [0.25, 0.3) is 0 Å². The first-order chi connectivity index (χ1) is 10.6. The fraction of sp³-hybridized carbons (Fsp3) is 0.0769. The molecule has 0 atom stereocenters. The summed E-state index contributed by atoms with van der Waals surface area (Å²) < 4.78 is 56.4. The standard InChI is InChI=1S/C13H7ClF4N2O3/c14-8-3-6(13(16,17)18)4-9(15)12(8)23-7-1-2-11(20(21)22)10(19)5-7/h1-5H,19H2. The minimum absolute atomic E-state index is 0.117. The third kappa shape index (κ3) is 3.62. The van der Waals surface area contributed by atoms with Crippen LogP contribution in [-0.4, -0.2) is 4.92 Å². The fourth-order valence-electron chi connectivity index (χ4n) is 1.70. The number of ether oxygens (including phenoxy) is 1. The van der Waals surface area contributed by atoms with E-state index in [9.17, 15) is 27.7 Å². The average Bonchev–Trinajstić information content (AvgIpc) is 2.41. The largest absolute Gasteiger partial charge is 0.453 e. The van der Waals surface area contributed by atoms with Gasteiger partial charge >= 0.3 is 6.18 Å². The predicted molar refractivity (Wildman–Crippen MR) is 74.0 cm³/mol. The highest BCUT2D eigenvalue weighted by Crippen LogP contribution is 2.39. The van der Waals surface area contributed by atoms with Crippen molar-refractivity contribution in [1.29, 1.82) is 0 Å². The maximum Gasteiger partial charge on any atom is 0.416 e. The SMILES string of the molecule is Nc1cc(Oc2c(F)cc(C(F)(F)F)cc2Cl)ccc1[N+](=O)[O-]. The van der Waals surface area contributed by atoms with Crippen molar-refractivity contribution >= 4 is 23.0 Å². The number of hydrogen-bond donors (Lipinski definition) is 1. The highest BCUT2D eigenvalue weighted by molar-refractivity contribution is 6.32. The summed E-state index contributed by atoms with van der Waals surface area (Å²) in [5.41, 5.74) is 3.52. The molecule has 0 fully saturated rings. The van der Waals surface area contributed by atoms with Crippen molar-refractivity contribution in [3.8, 4) is 11.5 Å². The van der Waals surface area contributed by atoms with Crippen molar-refractivity contribution in [2.24, 2.45) is 0 Å². The van der Waals surface area contributed by atoms with Crippen molar-refractivity contribution in [1.82, 2.24) is 0 Å². The molecule has 0 radical (unpaired) electrons. The molecule has 0 amide bonds. The lowest BCUT2D eigenvalue weighted by Crippen LogP contribution is -2.06. The highest BCUT2D eigenvalue weighted by Gasteiger charge is 2.32. The second-order valence-electron chi connectivity index (χ2n) is 4.35. The maximum absolute atomic E-state index is 13.8. The second-order valence-corrected chi connectivity index (χ2v) is 4.75. The van der Waals surface area contributed by atoms with Gasteiger partial charge in [0.05, 0.1) is 15.5 Å². The van der Waals surface area contributed by atoms with Crippen LogP contribution in [-0.2, 0) is 6.18 Å². The van der Waals surface area contributed by atoms with Crippen LogP contribution in [0.4, 0.5) is 28.9 Å². The molecule has 0 unspecified atom stereocenters. The van der Waals surface area contributed by atoms with E-state index >= 15 is 0 Å². The molecule has 0 heterocycles. The summed E-state index contributed by atoms with van der Waals surface area (Å²) in [6.45, 7) is 0. The lowest BCUT2D eigenvalue weighted by Gasteiger charge is -2.12. The molecule has 0 aliphatic heterocycles. The molecule has 23 heavy (non-hydrogen) atoms. The Morgan fingerprint density at radius 1 is 1.22 bits per heavy atom. The van der Waals surface area contributed by atoms with Crippen LogP contribution in [0.15, 0.2) is 30.3 Å². The van der Waals surface area contributed by atoms with E-state index in [2.05, 4.69) is 0 Å². The number of nitrogen functional groups attached to an aromatic ring is 1. The van der Waals surface area contributed by atoms with E-state index in [0.717, 1.165) is 18.2 Å². The molecule has 0 aromatic heterocycles. The molecule has 0 saturated carbocycles. The Kier molecular flexibility index (Phi) is 4.33. The minimum atomic E-state index is -4.76. The van der Waals surface area contributed by atoms with Crippen molar-refractivity contribution < 1.29 is 27.2 Å². The Bertz CT molecular complexity index is 757. The molecule has 2 aromatic rings. The normalized spacial score (nSPS) is 11.3. The highest BCUT2D eigenvalue weighted by atomic mass is 35.5. The van der Waals surface area contributed by atoms with Gasteiger partial charge in [0.25, 0.3) is 5.69 Å². The lowest BCUT2D eigenvalue weighted by atomic mass is 10.2. The van der Waals surface area contributed by atoms with Gasteiger partial charge in [-0.1, -0.05) is 11.6 Å². The molecular formula is C13H7ClF4N2O3. The van der Waals surface area contributed by atoms with Gasteiger partial charge in [0.15, 0.2) is 11.6 Å². The molecule has 0 spiro atoms. The van der Waals surface area contributed by atoms with Crippen LogP contribution >= 0.6 is 11.6 Å². The zero-order valence-corrected chi connectivity index (χ0v) is 11.8. The summed E-state index contributed by atoms with van der Waals surface area (Å²) >= 11 is 5.61. The van der Waals surface area contributed by atoms with Crippen LogP contribution in [0, 0.1) is 15.9 Å². The van der Waals surface area contributed by atoms with Gasteiger partial charge in [0.2, 0.25) is 0 Å². The van der Waals surface area contributed by atoms with Crippen molar-refractivity contribution in [2.75, 3.05) is 5.73 Å². The molecule has 0 bridgehead atoms. The number of nitro benzene ring substituents is 1. The molecule has 122 valence electrons. The van der Waals surface area contributed by atoms with Gasteiger partial charge in [-0.15, -0.1) is 0 Å². The maximum atomic E-state index is 13.8. The van der Waals surface area contributed by atoms with Crippen LogP contribution in [0.1, 0.15) is 5.56 Å². The topological polar surface area (TPSA) is 78.4 Å². The van der Waals surface area contributed by atoms with Crippen molar-refractivity contribution in [2.45, 2.75) is 6.18 Å². The summed E-state index contributed by atoms with van der Waals surface area (Å²) in [7, 11) is 0. The third-order valence-corrected chi connectivity index (χ3v) is 3.02. The average molecular weight is 351 g/mol. The Hall–Kier alpha value is -2.55. The van der Waals surface area contributed by atoms with Gasteiger partial charge in [-0.25, -0.2) is 4.39 Å². The summed E-state index contributed by atoms with van der Waals surface area (Å²) in [5.74, 6) is -2.09. The molecule has 0 aliphatic carbocycles. The number of nitro groups is 1. The summed E-state index contributed by atoms with van der Waals surface area (Å²) in [4.78, 5) is 9.90. The van der Waals surface area contributed by atoms with E-state index < -0.39 is 38.9 Å². The van der Waals surface area contributed by atoms with E-state index in [0.29, 0.717) is 6.07 Å². The zero-order valence-electron chi connectivity index (χ0n) is 11.0. The first-order valence-electron chi connectivity index (χ1n) is 5.87. The molecule has 0 aliphatic rings. The Morgan fingerprint density at radius 3 is 2.35 bits per heavy atom.